The predicted molar refractivity (Wildman–Crippen MR) is 117 cm³/mol. The van der Waals surface area contributed by atoms with Gasteiger partial charge in [0.25, 0.3) is 0 Å². The van der Waals surface area contributed by atoms with Crippen LogP contribution in [0.25, 0.3) is 10.2 Å². The minimum absolute atomic E-state index is 0.0585. The van der Waals surface area contributed by atoms with E-state index >= 15 is 0 Å². The van der Waals surface area contributed by atoms with Gasteiger partial charge in [-0.1, -0.05) is 35.6 Å². The van der Waals surface area contributed by atoms with Crippen molar-refractivity contribution in [3.8, 4) is 5.75 Å². The molecule has 0 atom stereocenters. The number of amides is 1. The minimum Gasteiger partial charge on any atom is -0.494 e. The number of carbonyl (C=O) groups excluding carboxylic acids is 1. The number of para-hydroxylation sites is 1. The molecule has 0 aliphatic rings. The van der Waals surface area contributed by atoms with E-state index < -0.39 is 0 Å². The number of carbonyl (C=O) groups is 1. The number of likely N-dealkylation sites (N-methyl/N-ethyl adjacent to an activating group) is 1. The maximum atomic E-state index is 13.2. The Morgan fingerprint density at radius 2 is 1.89 bits per heavy atom. The maximum absolute atomic E-state index is 13.2. The fourth-order valence-corrected chi connectivity index (χ4v) is 4.03. The molecule has 5 nitrogen and oxygen atoms in total. The summed E-state index contributed by atoms with van der Waals surface area (Å²) in [6, 6.07) is 12.1. The van der Waals surface area contributed by atoms with Gasteiger partial charge in [0.1, 0.15) is 11.3 Å². The Labute approximate surface area is 170 Å². The van der Waals surface area contributed by atoms with E-state index in [-0.39, 0.29) is 5.91 Å². The molecule has 28 heavy (non-hydrogen) atoms. The molecule has 0 unspecified atom stereocenters. The van der Waals surface area contributed by atoms with Crippen molar-refractivity contribution in [2.75, 3.05) is 39.2 Å². The Morgan fingerprint density at radius 1 is 1.11 bits per heavy atom. The number of fused-ring (bicyclic) bond motifs is 1. The summed E-state index contributed by atoms with van der Waals surface area (Å²) in [4.78, 5) is 21.8. The second-order valence-corrected chi connectivity index (χ2v) is 8.26. The number of benzene rings is 2. The van der Waals surface area contributed by atoms with E-state index in [1.54, 1.807) is 12.0 Å². The van der Waals surface area contributed by atoms with Gasteiger partial charge in [0.05, 0.1) is 18.2 Å². The summed E-state index contributed by atoms with van der Waals surface area (Å²) in [6.07, 6.45) is 0.363. The average molecular weight is 398 g/mol. The van der Waals surface area contributed by atoms with Crippen LogP contribution in [0.1, 0.15) is 16.7 Å². The van der Waals surface area contributed by atoms with E-state index in [1.807, 2.05) is 38.4 Å². The lowest BCUT2D eigenvalue weighted by Gasteiger charge is -2.22. The molecule has 0 aliphatic carbocycles. The molecule has 0 radical (unpaired) electrons. The number of nitrogens with zero attached hydrogens (tertiary/aromatic N) is 3. The Bertz CT molecular complexity index is 981. The van der Waals surface area contributed by atoms with Crippen molar-refractivity contribution in [1.82, 2.24) is 9.88 Å². The lowest BCUT2D eigenvalue weighted by Crippen LogP contribution is -2.37. The average Bonchev–Trinajstić information content (AvgIpc) is 3.08. The number of anilines is 1. The largest absolute Gasteiger partial charge is 0.494 e. The Balaban J connectivity index is 1.91. The fraction of sp³-hybridized carbons (Fsp3) is 0.364. The SMILES string of the molecule is COc1cccc2sc(N(CCN(C)C)C(=O)Cc3ccc(C)c(C)c3)nc12. The van der Waals surface area contributed by atoms with Crippen molar-refractivity contribution < 1.29 is 9.53 Å². The second kappa shape index (κ2) is 8.71. The maximum Gasteiger partial charge on any atom is 0.233 e. The number of ether oxygens (including phenoxy) is 1. The Kier molecular flexibility index (Phi) is 6.31. The first kappa shape index (κ1) is 20.3. The zero-order valence-corrected chi connectivity index (χ0v) is 18.0. The molecule has 0 aliphatic heterocycles. The van der Waals surface area contributed by atoms with Gasteiger partial charge in [0, 0.05) is 13.1 Å². The van der Waals surface area contributed by atoms with Gasteiger partial charge in [-0.2, -0.15) is 0 Å². The number of hydrogen-bond donors (Lipinski definition) is 0. The van der Waals surface area contributed by atoms with Crippen molar-refractivity contribution in [3.05, 3.63) is 53.1 Å². The van der Waals surface area contributed by atoms with Crippen LogP contribution in [0.4, 0.5) is 5.13 Å². The number of aryl methyl sites for hydroxylation is 2. The van der Waals surface area contributed by atoms with Gasteiger partial charge in [0.2, 0.25) is 5.91 Å². The highest BCUT2D eigenvalue weighted by atomic mass is 32.1. The van der Waals surface area contributed by atoms with E-state index in [9.17, 15) is 4.79 Å². The van der Waals surface area contributed by atoms with Gasteiger partial charge in [-0.25, -0.2) is 4.98 Å². The standard InChI is InChI=1S/C22H27N3O2S/c1-15-9-10-17(13-16(15)2)14-20(26)25(12-11-24(3)4)22-23-21-18(27-5)7-6-8-19(21)28-22/h6-10,13H,11-12,14H2,1-5H3. The quantitative estimate of drug-likeness (QED) is 0.603. The third-order valence-corrected chi connectivity index (χ3v) is 5.86. The normalized spacial score (nSPS) is 11.2. The fourth-order valence-electron chi connectivity index (χ4n) is 3.00. The molecule has 1 amide bonds. The number of hydrogen-bond acceptors (Lipinski definition) is 5. The summed E-state index contributed by atoms with van der Waals surface area (Å²) in [5.74, 6) is 0.789. The third-order valence-electron chi connectivity index (χ3n) is 4.82. The highest BCUT2D eigenvalue weighted by molar-refractivity contribution is 7.22. The molecule has 3 rings (SSSR count). The van der Waals surface area contributed by atoms with E-state index in [0.29, 0.717) is 13.0 Å². The highest BCUT2D eigenvalue weighted by Crippen LogP contribution is 2.34. The minimum atomic E-state index is 0.0585. The first-order valence-corrected chi connectivity index (χ1v) is 10.2. The molecule has 1 heterocycles. The first-order chi connectivity index (χ1) is 13.4. The summed E-state index contributed by atoms with van der Waals surface area (Å²) in [5, 5.41) is 0.718. The predicted octanol–water partition coefficient (Wildman–Crippen LogP) is 4.06. The van der Waals surface area contributed by atoms with E-state index in [2.05, 4.69) is 30.9 Å². The Morgan fingerprint density at radius 3 is 2.57 bits per heavy atom. The van der Waals surface area contributed by atoms with Crippen LogP contribution in [-0.4, -0.2) is 50.1 Å². The third kappa shape index (κ3) is 4.51. The van der Waals surface area contributed by atoms with Crippen molar-refractivity contribution in [2.45, 2.75) is 20.3 Å². The molecule has 0 saturated carbocycles. The molecule has 148 valence electrons. The van der Waals surface area contributed by atoms with Gasteiger partial charge in [0.15, 0.2) is 5.13 Å². The molecule has 0 fully saturated rings. The smallest absolute Gasteiger partial charge is 0.233 e. The van der Waals surface area contributed by atoms with E-state index in [1.165, 1.54) is 22.5 Å². The van der Waals surface area contributed by atoms with Gasteiger partial charge >= 0.3 is 0 Å². The van der Waals surface area contributed by atoms with Crippen molar-refractivity contribution >= 4 is 32.6 Å². The van der Waals surface area contributed by atoms with E-state index in [0.717, 1.165) is 33.2 Å². The number of methoxy groups -OCH3 is 1. The molecular weight excluding hydrogens is 370 g/mol. The van der Waals surface area contributed by atoms with Crippen LogP contribution >= 0.6 is 11.3 Å². The van der Waals surface area contributed by atoms with Gasteiger partial charge in [-0.3, -0.25) is 9.69 Å². The van der Waals surface area contributed by atoms with Gasteiger partial charge in [-0.05, 0) is 56.8 Å². The number of thiazole rings is 1. The van der Waals surface area contributed by atoms with Crippen LogP contribution in [0.2, 0.25) is 0 Å². The zero-order valence-electron chi connectivity index (χ0n) is 17.2. The molecular formula is C22H27N3O2S. The van der Waals surface area contributed by atoms with Crippen LogP contribution in [0.15, 0.2) is 36.4 Å². The van der Waals surface area contributed by atoms with Crippen molar-refractivity contribution in [2.24, 2.45) is 0 Å². The van der Waals surface area contributed by atoms with Crippen LogP contribution < -0.4 is 9.64 Å². The first-order valence-electron chi connectivity index (χ1n) is 9.34. The number of rotatable bonds is 7. The molecule has 0 spiro atoms. The molecule has 0 saturated heterocycles. The highest BCUT2D eigenvalue weighted by Gasteiger charge is 2.21. The lowest BCUT2D eigenvalue weighted by molar-refractivity contribution is -0.118. The molecule has 2 aromatic carbocycles. The summed E-state index contributed by atoms with van der Waals surface area (Å²) >= 11 is 1.53. The lowest BCUT2D eigenvalue weighted by atomic mass is 10.0. The second-order valence-electron chi connectivity index (χ2n) is 7.25. The van der Waals surface area contributed by atoms with Gasteiger partial charge < -0.3 is 9.64 Å². The molecule has 3 aromatic rings. The monoisotopic (exact) mass is 397 g/mol. The van der Waals surface area contributed by atoms with E-state index in [4.69, 9.17) is 9.72 Å². The van der Waals surface area contributed by atoms with Crippen LogP contribution in [0.3, 0.4) is 0 Å². The molecule has 0 N–H and O–H groups in total. The number of aromatic nitrogens is 1. The van der Waals surface area contributed by atoms with Gasteiger partial charge in [-0.15, -0.1) is 0 Å². The molecule has 0 bridgehead atoms. The van der Waals surface area contributed by atoms with Crippen molar-refractivity contribution in [1.29, 1.82) is 0 Å². The topological polar surface area (TPSA) is 45.7 Å². The van der Waals surface area contributed by atoms with Crippen LogP contribution in [0.5, 0.6) is 5.75 Å². The summed E-state index contributed by atoms with van der Waals surface area (Å²) in [6.45, 7) is 5.52. The van der Waals surface area contributed by atoms with Crippen molar-refractivity contribution in [3.63, 3.8) is 0 Å². The summed E-state index contributed by atoms with van der Waals surface area (Å²) < 4.78 is 6.45. The summed E-state index contributed by atoms with van der Waals surface area (Å²) in [7, 11) is 5.66. The van der Waals surface area contributed by atoms with Crippen LogP contribution in [-0.2, 0) is 11.2 Å². The molecule has 6 heteroatoms. The zero-order chi connectivity index (χ0) is 20.3. The summed E-state index contributed by atoms with van der Waals surface area (Å²) in [5.41, 5.74) is 4.27. The Hall–Kier alpha value is -2.44. The molecule has 1 aromatic heterocycles. The van der Waals surface area contributed by atoms with Crippen LogP contribution in [0, 0.1) is 13.8 Å².